The Morgan fingerprint density at radius 3 is 2.42 bits per heavy atom. The number of rotatable bonds is 7. The van der Waals surface area contributed by atoms with Crippen LogP contribution in [0.25, 0.3) is 0 Å². The maximum Gasteiger partial charge on any atom is 0.279 e. The molecule has 19 heavy (non-hydrogen) atoms. The van der Waals surface area contributed by atoms with Gasteiger partial charge in [-0.05, 0) is 26.2 Å². The van der Waals surface area contributed by atoms with Crippen molar-refractivity contribution in [2.24, 2.45) is 5.92 Å². The lowest BCUT2D eigenvalue weighted by Crippen LogP contribution is -2.52. The Labute approximate surface area is 116 Å². The van der Waals surface area contributed by atoms with Crippen molar-refractivity contribution >= 4 is 10.2 Å². The monoisotopic (exact) mass is 294 g/mol. The molecule has 1 aliphatic heterocycles. The van der Waals surface area contributed by atoms with Crippen molar-refractivity contribution < 1.29 is 18.3 Å². The summed E-state index contributed by atoms with van der Waals surface area (Å²) in [4.78, 5) is 0. The van der Waals surface area contributed by atoms with Crippen LogP contribution < -0.4 is 4.72 Å². The summed E-state index contributed by atoms with van der Waals surface area (Å²) in [5, 5.41) is 8.91. The lowest BCUT2D eigenvalue weighted by Gasteiger charge is -2.34. The summed E-state index contributed by atoms with van der Waals surface area (Å²) in [7, 11) is -3.45. The molecule has 3 unspecified atom stereocenters. The third kappa shape index (κ3) is 5.35. The van der Waals surface area contributed by atoms with Crippen molar-refractivity contribution in [1.82, 2.24) is 9.03 Å². The molecule has 0 aromatic heterocycles. The zero-order chi connectivity index (χ0) is 14.5. The van der Waals surface area contributed by atoms with Gasteiger partial charge in [0.1, 0.15) is 0 Å². The van der Waals surface area contributed by atoms with Gasteiger partial charge < -0.3 is 9.84 Å². The minimum atomic E-state index is -3.45. The molecule has 0 bridgehead atoms. The van der Waals surface area contributed by atoms with Gasteiger partial charge in [-0.3, -0.25) is 0 Å². The van der Waals surface area contributed by atoms with Crippen molar-refractivity contribution in [3.05, 3.63) is 0 Å². The fraction of sp³-hybridized carbons (Fsp3) is 1.00. The van der Waals surface area contributed by atoms with E-state index in [9.17, 15) is 8.42 Å². The Balaban J connectivity index is 2.55. The second-order valence-electron chi connectivity index (χ2n) is 5.21. The Hall–Kier alpha value is -0.210. The third-order valence-corrected chi connectivity index (χ3v) is 4.90. The van der Waals surface area contributed by atoms with Gasteiger partial charge in [-0.25, -0.2) is 4.72 Å². The summed E-state index contributed by atoms with van der Waals surface area (Å²) in [6, 6.07) is 0. The predicted molar refractivity (Wildman–Crippen MR) is 74.0 cm³/mol. The topological polar surface area (TPSA) is 78.9 Å². The van der Waals surface area contributed by atoms with Crippen LogP contribution in [-0.4, -0.2) is 56.3 Å². The highest BCUT2D eigenvalue weighted by Crippen LogP contribution is 2.14. The molecule has 1 aliphatic rings. The van der Waals surface area contributed by atoms with Crippen LogP contribution >= 0.6 is 0 Å². The van der Waals surface area contributed by atoms with Crippen LogP contribution in [0.1, 0.15) is 33.6 Å². The Bertz CT molecular complexity index is 351. The summed E-state index contributed by atoms with van der Waals surface area (Å²) in [6.45, 7) is 6.98. The number of aliphatic hydroxyl groups excluding tert-OH is 1. The molecule has 1 fully saturated rings. The lowest BCUT2D eigenvalue weighted by atomic mass is 10.0. The van der Waals surface area contributed by atoms with E-state index in [4.69, 9.17) is 9.84 Å². The quantitative estimate of drug-likeness (QED) is 0.709. The second-order valence-corrected chi connectivity index (χ2v) is 6.97. The van der Waals surface area contributed by atoms with Gasteiger partial charge in [-0.15, -0.1) is 0 Å². The van der Waals surface area contributed by atoms with Crippen LogP contribution in [0, 0.1) is 5.92 Å². The van der Waals surface area contributed by atoms with Crippen LogP contribution in [0.4, 0.5) is 0 Å². The molecular weight excluding hydrogens is 268 g/mol. The summed E-state index contributed by atoms with van der Waals surface area (Å²) in [5.41, 5.74) is 0. The molecule has 0 radical (unpaired) electrons. The largest absolute Gasteiger partial charge is 0.396 e. The Morgan fingerprint density at radius 2 is 1.95 bits per heavy atom. The fourth-order valence-corrected chi connectivity index (χ4v) is 3.72. The average molecular weight is 294 g/mol. The van der Waals surface area contributed by atoms with Crippen molar-refractivity contribution in [3.63, 3.8) is 0 Å². The molecule has 0 spiro atoms. The zero-order valence-electron chi connectivity index (χ0n) is 12.0. The first kappa shape index (κ1) is 16.8. The van der Waals surface area contributed by atoms with E-state index in [1.807, 2.05) is 20.8 Å². The SMILES string of the molecule is CCC(CCO)CNS(=O)(=O)N1CC(C)OC(C)C1. The van der Waals surface area contributed by atoms with Crippen molar-refractivity contribution in [1.29, 1.82) is 0 Å². The lowest BCUT2D eigenvalue weighted by molar-refractivity contribution is -0.0444. The number of ether oxygens (including phenoxy) is 1. The minimum Gasteiger partial charge on any atom is -0.396 e. The molecule has 3 atom stereocenters. The van der Waals surface area contributed by atoms with E-state index in [2.05, 4.69) is 4.72 Å². The molecule has 114 valence electrons. The average Bonchev–Trinajstić information content (AvgIpc) is 2.33. The number of hydrogen-bond donors (Lipinski definition) is 2. The Kier molecular flexibility index (Phi) is 6.68. The van der Waals surface area contributed by atoms with Crippen LogP contribution in [0.5, 0.6) is 0 Å². The molecule has 1 heterocycles. The van der Waals surface area contributed by atoms with Crippen molar-refractivity contribution in [2.45, 2.75) is 45.8 Å². The van der Waals surface area contributed by atoms with Gasteiger partial charge in [-0.2, -0.15) is 12.7 Å². The molecule has 0 aromatic carbocycles. The van der Waals surface area contributed by atoms with E-state index in [-0.39, 0.29) is 24.7 Å². The zero-order valence-corrected chi connectivity index (χ0v) is 12.8. The van der Waals surface area contributed by atoms with Gasteiger partial charge in [-0.1, -0.05) is 13.3 Å². The van der Waals surface area contributed by atoms with Crippen molar-refractivity contribution in [3.8, 4) is 0 Å². The highest BCUT2D eigenvalue weighted by atomic mass is 32.2. The molecule has 0 aliphatic carbocycles. The second kappa shape index (κ2) is 7.54. The molecule has 1 saturated heterocycles. The van der Waals surface area contributed by atoms with Gasteiger partial charge >= 0.3 is 0 Å². The summed E-state index contributed by atoms with van der Waals surface area (Å²) < 4.78 is 34.0. The first-order chi connectivity index (χ1) is 8.89. The van der Waals surface area contributed by atoms with Crippen molar-refractivity contribution in [2.75, 3.05) is 26.2 Å². The normalized spacial score (nSPS) is 27.4. The van der Waals surface area contributed by atoms with Crippen LogP contribution in [-0.2, 0) is 14.9 Å². The molecule has 0 aromatic rings. The highest BCUT2D eigenvalue weighted by Gasteiger charge is 2.30. The summed E-state index contributed by atoms with van der Waals surface area (Å²) in [5.74, 6) is 0.177. The smallest absolute Gasteiger partial charge is 0.279 e. The minimum absolute atomic E-state index is 0.0836. The van der Waals surface area contributed by atoms with E-state index >= 15 is 0 Å². The molecule has 1 rings (SSSR count). The molecule has 7 heteroatoms. The maximum absolute atomic E-state index is 12.2. The number of hydrogen-bond acceptors (Lipinski definition) is 4. The molecule has 0 saturated carbocycles. The number of aliphatic hydroxyl groups is 1. The summed E-state index contributed by atoms with van der Waals surface area (Å²) in [6.07, 6.45) is 1.30. The van der Waals surface area contributed by atoms with Gasteiger partial charge in [0.05, 0.1) is 12.2 Å². The van der Waals surface area contributed by atoms with E-state index in [0.717, 1.165) is 6.42 Å². The highest BCUT2D eigenvalue weighted by molar-refractivity contribution is 7.87. The molecule has 6 nitrogen and oxygen atoms in total. The van der Waals surface area contributed by atoms with Gasteiger partial charge in [0.2, 0.25) is 0 Å². The first-order valence-electron chi connectivity index (χ1n) is 6.90. The maximum atomic E-state index is 12.2. The summed E-state index contributed by atoms with van der Waals surface area (Å²) >= 11 is 0. The third-order valence-electron chi connectivity index (χ3n) is 3.40. The molecule has 0 amide bonds. The van der Waals surface area contributed by atoms with Gasteiger partial charge in [0.15, 0.2) is 0 Å². The molecule has 2 N–H and O–H groups in total. The Morgan fingerprint density at radius 1 is 1.37 bits per heavy atom. The number of nitrogens with one attached hydrogen (secondary N) is 1. The van der Waals surface area contributed by atoms with E-state index in [0.29, 0.717) is 26.1 Å². The first-order valence-corrected chi connectivity index (χ1v) is 8.34. The van der Waals surface area contributed by atoms with E-state index in [1.165, 1.54) is 4.31 Å². The standard InChI is InChI=1S/C12H26N2O4S/c1-4-12(5-6-15)7-13-19(16,17)14-8-10(2)18-11(3)9-14/h10-13,15H,4-9H2,1-3H3. The predicted octanol–water partition coefficient (Wildman–Crippen LogP) is 0.339. The van der Waals surface area contributed by atoms with Crippen LogP contribution in [0.15, 0.2) is 0 Å². The van der Waals surface area contributed by atoms with Gasteiger partial charge in [0.25, 0.3) is 10.2 Å². The fourth-order valence-electron chi connectivity index (χ4n) is 2.27. The van der Waals surface area contributed by atoms with Gasteiger partial charge in [0, 0.05) is 26.2 Å². The van der Waals surface area contributed by atoms with Crippen LogP contribution in [0.2, 0.25) is 0 Å². The number of morpholine rings is 1. The molecular formula is C12H26N2O4S. The van der Waals surface area contributed by atoms with E-state index in [1.54, 1.807) is 0 Å². The number of nitrogens with zero attached hydrogens (tertiary/aromatic N) is 1. The van der Waals surface area contributed by atoms with Crippen LogP contribution in [0.3, 0.4) is 0 Å². The van der Waals surface area contributed by atoms with E-state index < -0.39 is 10.2 Å².